The molecule has 3 rings (SSSR count). The number of nitrogens with zero attached hydrogens (tertiary/aromatic N) is 3. The van der Waals surface area contributed by atoms with E-state index in [1.54, 1.807) is 6.20 Å². The molecule has 0 N–H and O–H groups in total. The molecular weight excluding hydrogens is 161 g/mol. The third-order valence-electron chi connectivity index (χ3n) is 2.18. The van der Waals surface area contributed by atoms with Crippen LogP contribution in [-0.2, 0) is 0 Å². The molecule has 4 heteroatoms. The van der Waals surface area contributed by atoms with Gasteiger partial charge in [0.15, 0.2) is 0 Å². The van der Waals surface area contributed by atoms with Gasteiger partial charge < -0.3 is 4.48 Å². The smallest absolute Gasteiger partial charge is 0.238 e. The van der Waals surface area contributed by atoms with Crippen LogP contribution < -0.4 is 0 Å². The standard InChI is InChI=1S/C9H6BN3/c10-13-6-5-12-8-4-2-1-3-7(8)11-9(12)13/h1-6H. The molecule has 2 aromatic heterocycles. The third-order valence-corrected chi connectivity index (χ3v) is 2.18. The second kappa shape index (κ2) is 2.16. The fourth-order valence-corrected chi connectivity index (χ4v) is 1.57. The van der Waals surface area contributed by atoms with Crippen LogP contribution in [0.2, 0.25) is 0 Å². The van der Waals surface area contributed by atoms with E-state index >= 15 is 0 Å². The lowest BCUT2D eigenvalue weighted by Gasteiger charge is -1.86. The minimum absolute atomic E-state index is 0.765. The van der Waals surface area contributed by atoms with Crippen molar-refractivity contribution in [2.24, 2.45) is 0 Å². The molecule has 0 amide bonds. The van der Waals surface area contributed by atoms with Crippen molar-refractivity contribution in [1.29, 1.82) is 0 Å². The summed E-state index contributed by atoms with van der Waals surface area (Å²) >= 11 is 0. The van der Waals surface area contributed by atoms with Crippen molar-refractivity contribution in [3.63, 3.8) is 0 Å². The van der Waals surface area contributed by atoms with Crippen molar-refractivity contribution >= 4 is 24.8 Å². The number of imidazole rings is 2. The Bertz CT molecular complexity index is 579. The van der Waals surface area contributed by atoms with E-state index in [-0.39, 0.29) is 0 Å². The summed E-state index contributed by atoms with van der Waals surface area (Å²) < 4.78 is 3.48. The zero-order valence-corrected chi connectivity index (χ0v) is 6.88. The average molecular weight is 167 g/mol. The number of rotatable bonds is 0. The molecule has 0 atom stereocenters. The highest BCUT2D eigenvalue weighted by Crippen LogP contribution is 2.15. The predicted molar refractivity (Wildman–Crippen MR) is 51.8 cm³/mol. The molecule has 3 nitrogen and oxygen atoms in total. The van der Waals surface area contributed by atoms with Crippen molar-refractivity contribution in [3.8, 4) is 0 Å². The fourth-order valence-electron chi connectivity index (χ4n) is 1.57. The summed E-state index contributed by atoms with van der Waals surface area (Å²) in [4.78, 5) is 4.38. The summed E-state index contributed by atoms with van der Waals surface area (Å²) in [6, 6.07) is 7.96. The monoisotopic (exact) mass is 167 g/mol. The summed E-state index contributed by atoms with van der Waals surface area (Å²) in [5.41, 5.74) is 2.05. The van der Waals surface area contributed by atoms with E-state index in [4.69, 9.17) is 7.98 Å². The number of hydrogen-bond donors (Lipinski definition) is 0. The van der Waals surface area contributed by atoms with E-state index in [1.807, 2.05) is 34.9 Å². The average Bonchev–Trinajstić information content (AvgIpc) is 2.67. The molecule has 2 radical (unpaired) electrons. The van der Waals surface area contributed by atoms with Gasteiger partial charge in [-0.2, -0.15) is 0 Å². The van der Waals surface area contributed by atoms with Crippen LogP contribution in [0.15, 0.2) is 36.7 Å². The van der Waals surface area contributed by atoms with Crippen molar-refractivity contribution < 1.29 is 0 Å². The van der Waals surface area contributed by atoms with Crippen LogP contribution in [0, 0.1) is 0 Å². The lowest BCUT2D eigenvalue weighted by Crippen LogP contribution is -1.89. The van der Waals surface area contributed by atoms with E-state index in [0.29, 0.717) is 0 Å². The molecule has 0 aliphatic rings. The zero-order valence-electron chi connectivity index (χ0n) is 6.88. The van der Waals surface area contributed by atoms with Gasteiger partial charge in [-0.15, -0.1) is 0 Å². The molecule has 1 aromatic carbocycles. The Kier molecular flexibility index (Phi) is 1.13. The summed E-state index contributed by atoms with van der Waals surface area (Å²) in [5, 5.41) is 0. The Morgan fingerprint density at radius 3 is 2.92 bits per heavy atom. The van der Waals surface area contributed by atoms with Crippen LogP contribution in [-0.4, -0.2) is 21.8 Å². The summed E-state index contributed by atoms with van der Waals surface area (Å²) in [6.07, 6.45) is 3.69. The van der Waals surface area contributed by atoms with Gasteiger partial charge >= 0.3 is 0 Å². The molecule has 0 fully saturated rings. The Morgan fingerprint density at radius 1 is 1.15 bits per heavy atom. The highest BCUT2D eigenvalue weighted by atomic mass is 15.1. The van der Waals surface area contributed by atoms with Gasteiger partial charge in [-0.25, -0.2) is 4.98 Å². The molecule has 0 bridgehead atoms. The molecule has 3 aromatic rings. The molecule has 0 aliphatic carbocycles. The largest absolute Gasteiger partial charge is 0.373 e. The quantitative estimate of drug-likeness (QED) is 0.461. The van der Waals surface area contributed by atoms with Crippen molar-refractivity contribution in [3.05, 3.63) is 36.7 Å². The number of aromatic nitrogens is 3. The van der Waals surface area contributed by atoms with Crippen molar-refractivity contribution in [1.82, 2.24) is 13.9 Å². The Labute approximate surface area is 76.0 Å². The molecule has 0 saturated carbocycles. The SMILES string of the molecule is [B]n1ccn2c3ccccc3nc12. The molecule has 0 unspecified atom stereocenters. The number of para-hydroxylation sites is 2. The lowest BCUT2D eigenvalue weighted by atomic mass is 10.3. The van der Waals surface area contributed by atoms with Crippen molar-refractivity contribution in [2.45, 2.75) is 0 Å². The maximum atomic E-state index is 5.67. The van der Waals surface area contributed by atoms with E-state index in [9.17, 15) is 0 Å². The van der Waals surface area contributed by atoms with Crippen molar-refractivity contribution in [2.75, 3.05) is 0 Å². The molecule has 0 saturated heterocycles. The Balaban J connectivity index is 2.64. The van der Waals surface area contributed by atoms with E-state index in [2.05, 4.69) is 4.98 Å². The summed E-state index contributed by atoms with van der Waals surface area (Å²) in [6.45, 7) is 0. The van der Waals surface area contributed by atoms with Crippen LogP contribution >= 0.6 is 0 Å². The third kappa shape index (κ3) is 0.772. The molecule has 0 aliphatic heterocycles. The van der Waals surface area contributed by atoms with Crippen LogP contribution in [0.1, 0.15) is 0 Å². The highest BCUT2D eigenvalue weighted by Gasteiger charge is 2.04. The molecule has 2 heterocycles. The second-order valence-electron chi connectivity index (χ2n) is 2.98. The first-order valence-electron chi connectivity index (χ1n) is 4.05. The number of benzene rings is 1. The predicted octanol–water partition coefficient (Wildman–Crippen LogP) is 1.22. The van der Waals surface area contributed by atoms with E-state index in [0.717, 1.165) is 16.8 Å². The lowest BCUT2D eigenvalue weighted by molar-refractivity contribution is 1.20. The van der Waals surface area contributed by atoms with Crippen LogP contribution in [0.25, 0.3) is 16.8 Å². The molecular formula is C9H6BN3. The Hall–Kier alpha value is -1.71. The number of fused-ring (bicyclic) bond motifs is 3. The topological polar surface area (TPSA) is 22.2 Å². The second-order valence-corrected chi connectivity index (χ2v) is 2.98. The first-order chi connectivity index (χ1) is 6.36. The minimum Gasteiger partial charge on any atom is -0.373 e. The first kappa shape index (κ1) is 6.77. The first-order valence-corrected chi connectivity index (χ1v) is 4.05. The maximum absolute atomic E-state index is 5.67. The summed E-state index contributed by atoms with van der Waals surface area (Å²) in [7, 11) is 5.67. The fraction of sp³-hybridized carbons (Fsp3) is 0. The molecule has 0 spiro atoms. The van der Waals surface area contributed by atoms with E-state index in [1.165, 1.54) is 4.48 Å². The van der Waals surface area contributed by atoms with Gasteiger partial charge in [0.05, 0.1) is 11.0 Å². The van der Waals surface area contributed by atoms with Gasteiger partial charge in [0, 0.05) is 12.4 Å². The normalized spacial score (nSPS) is 11.4. The van der Waals surface area contributed by atoms with Gasteiger partial charge in [-0.05, 0) is 12.1 Å². The minimum atomic E-state index is 0.765. The highest BCUT2D eigenvalue weighted by molar-refractivity contribution is 6.08. The van der Waals surface area contributed by atoms with Crippen LogP contribution in [0.4, 0.5) is 0 Å². The van der Waals surface area contributed by atoms with Gasteiger partial charge in [0.1, 0.15) is 0 Å². The Morgan fingerprint density at radius 2 is 2.00 bits per heavy atom. The summed E-state index contributed by atoms with van der Waals surface area (Å²) in [5.74, 6) is 0.765. The van der Waals surface area contributed by atoms with Gasteiger partial charge in [0.2, 0.25) is 13.8 Å². The molecule has 13 heavy (non-hydrogen) atoms. The van der Waals surface area contributed by atoms with E-state index < -0.39 is 0 Å². The maximum Gasteiger partial charge on any atom is 0.238 e. The van der Waals surface area contributed by atoms with Crippen LogP contribution in [0.5, 0.6) is 0 Å². The van der Waals surface area contributed by atoms with Gasteiger partial charge in [-0.3, -0.25) is 4.40 Å². The molecule has 60 valence electrons. The van der Waals surface area contributed by atoms with Gasteiger partial charge in [-0.1, -0.05) is 12.1 Å². The zero-order chi connectivity index (χ0) is 8.84. The number of hydrogen-bond acceptors (Lipinski definition) is 1. The van der Waals surface area contributed by atoms with Crippen LogP contribution in [0.3, 0.4) is 0 Å². The van der Waals surface area contributed by atoms with Gasteiger partial charge in [0.25, 0.3) is 0 Å².